The molecule has 174 valence electrons. The van der Waals surface area contributed by atoms with Crippen LogP contribution in [-0.4, -0.2) is 27.2 Å². The van der Waals surface area contributed by atoms with Gasteiger partial charge in [0.15, 0.2) is 0 Å². The topological polar surface area (TPSA) is 56.8 Å². The molecule has 3 aromatic rings. The van der Waals surface area contributed by atoms with Crippen LogP contribution in [0.4, 0.5) is 10.1 Å². The van der Waals surface area contributed by atoms with Gasteiger partial charge in [-0.1, -0.05) is 12.1 Å². The lowest BCUT2D eigenvalue weighted by Gasteiger charge is -2.09. The Kier molecular flexibility index (Phi) is 6.68. The van der Waals surface area contributed by atoms with Gasteiger partial charge in [-0.05, 0) is 82.8 Å². The van der Waals surface area contributed by atoms with Crippen LogP contribution in [0.2, 0.25) is 0 Å². The molecule has 0 heterocycles. The molecule has 6 heteroatoms. The van der Waals surface area contributed by atoms with Gasteiger partial charge in [0.25, 0.3) is 0 Å². The first-order chi connectivity index (χ1) is 16.4. The van der Waals surface area contributed by atoms with Crippen molar-refractivity contribution in [2.75, 3.05) is 26.6 Å². The lowest BCUT2D eigenvalue weighted by atomic mass is 10.0. The smallest absolute Gasteiger partial charge is 0.228 e. The second-order valence-corrected chi connectivity index (χ2v) is 7.95. The Morgan fingerprint density at radius 2 is 1.59 bits per heavy atom. The van der Waals surface area contributed by atoms with Crippen LogP contribution in [0.3, 0.4) is 0 Å². The van der Waals surface area contributed by atoms with E-state index in [-0.39, 0.29) is 18.1 Å². The first-order valence-corrected chi connectivity index (χ1v) is 10.8. The van der Waals surface area contributed by atoms with Gasteiger partial charge in [0, 0.05) is 17.8 Å². The molecule has 0 spiro atoms. The van der Waals surface area contributed by atoms with Crippen LogP contribution in [0.15, 0.2) is 66.2 Å². The molecule has 0 radical (unpaired) electrons. The quantitative estimate of drug-likeness (QED) is 0.457. The number of benzene rings is 3. The zero-order chi connectivity index (χ0) is 24.2. The Labute approximate surface area is 198 Å². The molecular weight excluding hydrogens is 433 g/mol. The van der Waals surface area contributed by atoms with E-state index in [2.05, 4.69) is 5.32 Å². The molecule has 0 fully saturated rings. The number of allylic oxidation sites excluding steroid dienone is 2. The standard InChI is InChI=1S/C28H26FNO4/c1-17-25(12-18-10-22(33-3)15-23(11-18)34-4)24-9-8-19(29)13-27(24)26(17)16-28(31)30-20-6-5-7-21(14-20)32-2/h5-15H,16H2,1-4H3,(H,30,31)/b25-12-. The van der Waals surface area contributed by atoms with Crippen LogP contribution in [0.1, 0.15) is 30.0 Å². The molecule has 0 saturated carbocycles. The number of hydrogen-bond acceptors (Lipinski definition) is 4. The van der Waals surface area contributed by atoms with E-state index in [9.17, 15) is 9.18 Å². The van der Waals surface area contributed by atoms with Crippen molar-refractivity contribution < 1.29 is 23.4 Å². The fourth-order valence-corrected chi connectivity index (χ4v) is 4.13. The molecule has 0 aliphatic heterocycles. The van der Waals surface area contributed by atoms with Crippen molar-refractivity contribution in [1.82, 2.24) is 0 Å². The van der Waals surface area contributed by atoms with E-state index in [1.165, 1.54) is 12.1 Å². The Morgan fingerprint density at radius 1 is 0.882 bits per heavy atom. The van der Waals surface area contributed by atoms with E-state index in [0.717, 1.165) is 33.4 Å². The van der Waals surface area contributed by atoms with Crippen LogP contribution in [-0.2, 0) is 4.79 Å². The number of amides is 1. The summed E-state index contributed by atoms with van der Waals surface area (Å²) in [5.41, 5.74) is 5.75. The van der Waals surface area contributed by atoms with Crippen LogP contribution >= 0.6 is 0 Å². The van der Waals surface area contributed by atoms with E-state index in [1.807, 2.05) is 37.3 Å². The third-order valence-corrected chi connectivity index (χ3v) is 5.83. The van der Waals surface area contributed by atoms with Gasteiger partial charge >= 0.3 is 0 Å². The molecule has 0 bridgehead atoms. The van der Waals surface area contributed by atoms with Crippen LogP contribution < -0.4 is 19.5 Å². The summed E-state index contributed by atoms with van der Waals surface area (Å²) in [6.07, 6.45) is 2.11. The molecule has 4 rings (SSSR count). The van der Waals surface area contributed by atoms with Gasteiger partial charge in [-0.3, -0.25) is 4.79 Å². The molecule has 1 aliphatic rings. The van der Waals surface area contributed by atoms with Crippen molar-refractivity contribution >= 4 is 28.8 Å². The molecule has 0 aromatic heterocycles. The summed E-state index contributed by atoms with van der Waals surface area (Å²) in [4.78, 5) is 12.9. The van der Waals surface area contributed by atoms with Crippen molar-refractivity contribution in [2.24, 2.45) is 0 Å². The van der Waals surface area contributed by atoms with E-state index in [0.29, 0.717) is 22.9 Å². The van der Waals surface area contributed by atoms with Crippen molar-refractivity contribution in [3.05, 3.63) is 88.7 Å². The molecule has 0 saturated heterocycles. The SMILES string of the molecule is COc1cccc(NC(=O)CC2=C(C)/C(=C/c3cc(OC)cc(OC)c3)c3ccc(F)cc32)c1. The van der Waals surface area contributed by atoms with Gasteiger partial charge in [-0.25, -0.2) is 4.39 Å². The maximum absolute atomic E-state index is 14.2. The lowest BCUT2D eigenvalue weighted by molar-refractivity contribution is -0.115. The van der Waals surface area contributed by atoms with E-state index in [4.69, 9.17) is 14.2 Å². The Bertz CT molecular complexity index is 1290. The van der Waals surface area contributed by atoms with E-state index >= 15 is 0 Å². The molecule has 1 N–H and O–H groups in total. The number of anilines is 1. The lowest BCUT2D eigenvalue weighted by Crippen LogP contribution is -2.12. The number of carbonyl (C=O) groups is 1. The minimum atomic E-state index is -0.346. The highest BCUT2D eigenvalue weighted by molar-refractivity contribution is 6.10. The molecule has 0 unspecified atom stereocenters. The second-order valence-electron chi connectivity index (χ2n) is 7.95. The van der Waals surface area contributed by atoms with Crippen LogP contribution in [0.25, 0.3) is 17.2 Å². The third kappa shape index (κ3) is 4.81. The van der Waals surface area contributed by atoms with Gasteiger partial charge in [0.1, 0.15) is 23.1 Å². The number of fused-ring (bicyclic) bond motifs is 1. The largest absolute Gasteiger partial charge is 0.497 e. The summed E-state index contributed by atoms with van der Waals surface area (Å²) < 4.78 is 30.2. The van der Waals surface area contributed by atoms with Crippen molar-refractivity contribution in [1.29, 1.82) is 0 Å². The first kappa shape index (κ1) is 23.1. The molecule has 0 atom stereocenters. The maximum atomic E-state index is 14.2. The Hall–Kier alpha value is -4.06. The maximum Gasteiger partial charge on any atom is 0.228 e. The number of rotatable bonds is 7. The average Bonchev–Trinajstić information content (AvgIpc) is 3.08. The van der Waals surface area contributed by atoms with Gasteiger partial charge in [0.05, 0.1) is 27.8 Å². The third-order valence-electron chi connectivity index (χ3n) is 5.83. The number of carbonyl (C=O) groups excluding carboxylic acids is 1. The first-order valence-electron chi connectivity index (χ1n) is 10.8. The number of halogens is 1. The summed E-state index contributed by atoms with van der Waals surface area (Å²) in [6.45, 7) is 1.95. The predicted molar refractivity (Wildman–Crippen MR) is 133 cm³/mol. The molecule has 3 aromatic carbocycles. The minimum Gasteiger partial charge on any atom is -0.497 e. The minimum absolute atomic E-state index is 0.109. The summed E-state index contributed by atoms with van der Waals surface area (Å²) >= 11 is 0. The van der Waals surface area contributed by atoms with Crippen LogP contribution in [0.5, 0.6) is 17.2 Å². The summed E-state index contributed by atoms with van der Waals surface area (Å²) in [5.74, 6) is 1.45. The van der Waals surface area contributed by atoms with Crippen molar-refractivity contribution in [3.8, 4) is 17.2 Å². The molecule has 1 amide bonds. The summed E-state index contributed by atoms with van der Waals surface area (Å²) in [7, 11) is 4.78. The van der Waals surface area contributed by atoms with Gasteiger partial charge < -0.3 is 19.5 Å². The average molecular weight is 460 g/mol. The zero-order valence-electron chi connectivity index (χ0n) is 19.6. The number of ether oxygens (including phenoxy) is 3. The van der Waals surface area contributed by atoms with Crippen LogP contribution in [0, 0.1) is 5.82 Å². The predicted octanol–water partition coefficient (Wildman–Crippen LogP) is 6.21. The Balaban J connectivity index is 1.70. The zero-order valence-corrected chi connectivity index (χ0v) is 19.6. The summed E-state index contributed by atoms with van der Waals surface area (Å²) in [5, 5.41) is 2.90. The highest BCUT2D eigenvalue weighted by Crippen LogP contribution is 2.44. The highest BCUT2D eigenvalue weighted by atomic mass is 19.1. The van der Waals surface area contributed by atoms with Gasteiger partial charge in [0.2, 0.25) is 5.91 Å². The number of methoxy groups -OCH3 is 3. The number of hydrogen-bond donors (Lipinski definition) is 1. The molecule has 1 aliphatic carbocycles. The molecular formula is C28H26FNO4. The highest BCUT2D eigenvalue weighted by Gasteiger charge is 2.26. The Morgan fingerprint density at radius 3 is 2.26 bits per heavy atom. The number of nitrogens with one attached hydrogen (secondary N) is 1. The van der Waals surface area contributed by atoms with E-state index in [1.54, 1.807) is 45.6 Å². The second kappa shape index (κ2) is 9.83. The fraction of sp³-hybridized carbons (Fsp3) is 0.179. The van der Waals surface area contributed by atoms with Gasteiger partial charge in [-0.2, -0.15) is 0 Å². The van der Waals surface area contributed by atoms with Crippen molar-refractivity contribution in [2.45, 2.75) is 13.3 Å². The fourth-order valence-electron chi connectivity index (χ4n) is 4.13. The normalized spacial score (nSPS) is 13.6. The molecule has 34 heavy (non-hydrogen) atoms. The molecule has 5 nitrogen and oxygen atoms in total. The monoisotopic (exact) mass is 459 g/mol. The van der Waals surface area contributed by atoms with Crippen molar-refractivity contribution in [3.63, 3.8) is 0 Å². The van der Waals surface area contributed by atoms with Gasteiger partial charge in [-0.15, -0.1) is 0 Å². The summed E-state index contributed by atoms with van der Waals surface area (Å²) in [6, 6.07) is 17.4. The van der Waals surface area contributed by atoms with E-state index < -0.39 is 0 Å².